The Bertz CT molecular complexity index is 2940. The molecule has 0 aliphatic heterocycles. The maximum Gasteiger partial charge on any atom is 0.166 e. The first-order valence-electron chi connectivity index (χ1n) is 19.5. The fourth-order valence-corrected chi connectivity index (χ4v) is 6.93. The van der Waals surface area contributed by atoms with Crippen molar-refractivity contribution in [3.63, 3.8) is 0 Å². The van der Waals surface area contributed by atoms with Gasteiger partial charge in [-0.2, -0.15) is 0 Å². The second-order valence-electron chi connectivity index (χ2n) is 13.9. The lowest BCUT2D eigenvalue weighted by atomic mass is 10.00. The molecule has 0 aliphatic rings. The van der Waals surface area contributed by atoms with Gasteiger partial charge in [-0.05, 0) is 47.5 Å². The normalized spacial score (nSPS) is 11.0. The molecule has 10 aromatic rings. The van der Waals surface area contributed by atoms with E-state index in [9.17, 15) is 0 Å². The van der Waals surface area contributed by atoms with Gasteiger partial charge in [-0.25, -0.2) is 34.9 Å². The third kappa shape index (κ3) is 7.54. The standard InChI is InChI=1S/C51H33N9/c1-5-16-35(17-6-1)46-55-47(36-18-7-2-8-19-36)57-50(56-46)39-28-26-34(27-29-39)40-32-43(42-25-13-14-30-52-42)54-44(33-40)45-41(24-15-31-53-45)51-59-48(37-20-9-3-10-21-37)58-49(60-51)38-22-11-4-12-23-38/h1-33H. The highest BCUT2D eigenvalue weighted by Gasteiger charge is 2.19. The minimum Gasteiger partial charge on any atom is -0.255 e. The van der Waals surface area contributed by atoms with E-state index in [2.05, 4.69) is 29.2 Å². The Hall–Kier alpha value is -8.43. The molecule has 60 heavy (non-hydrogen) atoms. The van der Waals surface area contributed by atoms with Gasteiger partial charge in [0.2, 0.25) is 0 Å². The predicted octanol–water partition coefficient (Wildman–Crippen LogP) is 11.2. The molecule has 9 nitrogen and oxygen atoms in total. The minimum absolute atomic E-state index is 0.490. The molecule has 0 bridgehead atoms. The van der Waals surface area contributed by atoms with Crippen molar-refractivity contribution in [3.8, 4) is 102 Å². The van der Waals surface area contributed by atoms with Gasteiger partial charge in [-0.1, -0.05) is 152 Å². The van der Waals surface area contributed by atoms with E-state index in [4.69, 9.17) is 39.9 Å². The molecule has 0 saturated carbocycles. The van der Waals surface area contributed by atoms with Crippen LogP contribution in [-0.2, 0) is 0 Å². The largest absolute Gasteiger partial charge is 0.255 e. The van der Waals surface area contributed by atoms with E-state index < -0.39 is 0 Å². The van der Waals surface area contributed by atoms with Crippen molar-refractivity contribution in [2.24, 2.45) is 0 Å². The molecule has 0 spiro atoms. The molecule has 0 atom stereocenters. The quantitative estimate of drug-likeness (QED) is 0.141. The third-order valence-corrected chi connectivity index (χ3v) is 9.92. The van der Waals surface area contributed by atoms with Crippen LogP contribution in [0.15, 0.2) is 200 Å². The van der Waals surface area contributed by atoms with Gasteiger partial charge in [0, 0.05) is 45.8 Å². The highest BCUT2D eigenvalue weighted by atomic mass is 15.0. The van der Waals surface area contributed by atoms with Crippen LogP contribution >= 0.6 is 0 Å². The molecular weight excluding hydrogens is 739 g/mol. The van der Waals surface area contributed by atoms with Crippen LogP contribution in [0.5, 0.6) is 0 Å². The number of hydrogen-bond donors (Lipinski definition) is 0. The Morgan fingerprint density at radius 3 is 1.10 bits per heavy atom. The SMILES string of the molecule is c1ccc(-c2nc(-c3ccccc3)nc(-c3ccc(-c4cc(-c5ccccn5)nc(-c5ncccc5-c5nc(-c6ccccc6)nc(-c6ccccc6)n5)c4)cc3)n2)cc1. The second-order valence-corrected chi connectivity index (χ2v) is 13.9. The van der Waals surface area contributed by atoms with Gasteiger partial charge in [-0.15, -0.1) is 0 Å². The number of aromatic nitrogens is 9. The van der Waals surface area contributed by atoms with E-state index in [0.29, 0.717) is 52.0 Å². The third-order valence-electron chi connectivity index (χ3n) is 9.92. The molecule has 5 heterocycles. The molecule has 0 saturated heterocycles. The molecule has 0 radical (unpaired) electrons. The molecule has 0 fully saturated rings. The van der Waals surface area contributed by atoms with Crippen LogP contribution in [-0.4, -0.2) is 44.9 Å². The van der Waals surface area contributed by atoms with Crippen molar-refractivity contribution in [2.45, 2.75) is 0 Å². The summed E-state index contributed by atoms with van der Waals surface area (Å²) in [4.78, 5) is 44.4. The summed E-state index contributed by atoms with van der Waals surface area (Å²) in [6.07, 6.45) is 3.54. The molecule has 0 amide bonds. The van der Waals surface area contributed by atoms with Crippen LogP contribution in [0.2, 0.25) is 0 Å². The summed E-state index contributed by atoms with van der Waals surface area (Å²) in [5.41, 5.74) is 9.79. The van der Waals surface area contributed by atoms with Gasteiger partial charge in [0.05, 0.1) is 22.8 Å². The van der Waals surface area contributed by atoms with Crippen molar-refractivity contribution >= 4 is 0 Å². The van der Waals surface area contributed by atoms with Gasteiger partial charge >= 0.3 is 0 Å². The Morgan fingerprint density at radius 1 is 0.233 bits per heavy atom. The first-order valence-corrected chi connectivity index (χ1v) is 19.5. The van der Waals surface area contributed by atoms with Crippen LogP contribution in [0, 0.1) is 0 Å². The van der Waals surface area contributed by atoms with Gasteiger partial charge in [-0.3, -0.25) is 9.97 Å². The van der Waals surface area contributed by atoms with Crippen molar-refractivity contribution in [2.75, 3.05) is 0 Å². The molecule has 0 N–H and O–H groups in total. The number of hydrogen-bond acceptors (Lipinski definition) is 9. The molecule has 5 aromatic carbocycles. The van der Waals surface area contributed by atoms with Crippen LogP contribution in [0.1, 0.15) is 0 Å². The fraction of sp³-hybridized carbons (Fsp3) is 0. The topological polar surface area (TPSA) is 116 Å². The van der Waals surface area contributed by atoms with Crippen LogP contribution < -0.4 is 0 Å². The maximum atomic E-state index is 5.17. The van der Waals surface area contributed by atoms with Crippen molar-refractivity contribution in [1.82, 2.24) is 44.9 Å². The summed E-state index contributed by atoms with van der Waals surface area (Å²) in [5.74, 6) is 3.42. The van der Waals surface area contributed by atoms with E-state index in [0.717, 1.165) is 50.2 Å². The van der Waals surface area contributed by atoms with Gasteiger partial charge in [0.15, 0.2) is 34.9 Å². The van der Waals surface area contributed by atoms with Crippen molar-refractivity contribution in [3.05, 3.63) is 200 Å². The van der Waals surface area contributed by atoms with Gasteiger partial charge in [0.1, 0.15) is 0 Å². The molecule has 282 valence electrons. The zero-order valence-electron chi connectivity index (χ0n) is 32.1. The average molecular weight is 772 g/mol. The highest BCUT2D eigenvalue weighted by molar-refractivity contribution is 5.82. The van der Waals surface area contributed by atoms with Crippen LogP contribution in [0.4, 0.5) is 0 Å². The molecule has 10 rings (SSSR count). The van der Waals surface area contributed by atoms with Gasteiger partial charge < -0.3 is 0 Å². The van der Waals surface area contributed by atoms with E-state index in [1.54, 1.807) is 12.4 Å². The van der Waals surface area contributed by atoms with E-state index >= 15 is 0 Å². The smallest absolute Gasteiger partial charge is 0.166 e. The summed E-state index contributed by atoms with van der Waals surface area (Å²) in [6, 6.07) is 61.8. The Kier molecular flexibility index (Phi) is 9.71. The molecular formula is C51H33N9. The Labute approximate surface area is 346 Å². The van der Waals surface area contributed by atoms with Crippen molar-refractivity contribution < 1.29 is 0 Å². The second kappa shape index (κ2) is 16.2. The lowest BCUT2D eigenvalue weighted by molar-refractivity contribution is 1.07. The number of pyridine rings is 3. The lowest BCUT2D eigenvalue weighted by Gasteiger charge is -2.13. The zero-order chi connectivity index (χ0) is 40.1. The van der Waals surface area contributed by atoms with Gasteiger partial charge in [0.25, 0.3) is 0 Å². The highest BCUT2D eigenvalue weighted by Crippen LogP contribution is 2.35. The van der Waals surface area contributed by atoms with E-state index in [1.165, 1.54) is 0 Å². The molecule has 0 unspecified atom stereocenters. The molecule has 5 aromatic heterocycles. The first-order chi connectivity index (χ1) is 29.7. The predicted molar refractivity (Wildman–Crippen MR) is 236 cm³/mol. The molecule has 9 heteroatoms. The Balaban J connectivity index is 1.09. The van der Waals surface area contributed by atoms with Crippen LogP contribution in [0.3, 0.4) is 0 Å². The summed E-state index contributed by atoms with van der Waals surface area (Å²) in [7, 11) is 0. The summed E-state index contributed by atoms with van der Waals surface area (Å²) in [6.45, 7) is 0. The van der Waals surface area contributed by atoms with E-state index in [1.807, 2.05) is 164 Å². The van der Waals surface area contributed by atoms with Crippen LogP contribution in [0.25, 0.3) is 102 Å². The zero-order valence-corrected chi connectivity index (χ0v) is 32.1. The first kappa shape index (κ1) is 35.9. The minimum atomic E-state index is 0.490. The maximum absolute atomic E-state index is 5.17. The number of nitrogens with zero attached hydrogens (tertiary/aromatic N) is 9. The average Bonchev–Trinajstić information content (AvgIpc) is 3.35. The summed E-state index contributed by atoms with van der Waals surface area (Å²) < 4.78 is 0. The number of benzene rings is 5. The monoisotopic (exact) mass is 771 g/mol. The Morgan fingerprint density at radius 2 is 0.633 bits per heavy atom. The fourth-order valence-electron chi connectivity index (χ4n) is 6.93. The van der Waals surface area contributed by atoms with Crippen molar-refractivity contribution in [1.29, 1.82) is 0 Å². The number of rotatable bonds is 9. The lowest BCUT2D eigenvalue weighted by Crippen LogP contribution is -2.02. The van der Waals surface area contributed by atoms with E-state index in [-0.39, 0.29) is 0 Å². The summed E-state index contributed by atoms with van der Waals surface area (Å²) in [5, 5.41) is 0. The molecule has 0 aliphatic carbocycles. The summed E-state index contributed by atoms with van der Waals surface area (Å²) >= 11 is 0.